The number of nitrogens with one attached hydrogen (secondary N) is 1. The van der Waals surface area contributed by atoms with Crippen LogP contribution in [0.5, 0.6) is 0 Å². The maximum absolute atomic E-state index is 13.3. The first kappa shape index (κ1) is 15.3. The maximum atomic E-state index is 13.3. The summed E-state index contributed by atoms with van der Waals surface area (Å²) in [5.41, 5.74) is -0.572. The van der Waals surface area contributed by atoms with Gasteiger partial charge in [0.2, 0.25) is 0 Å². The van der Waals surface area contributed by atoms with Gasteiger partial charge in [-0.2, -0.15) is 13.2 Å². The van der Waals surface area contributed by atoms with Gasteiger partial charge in [0.25, 0.3) is 0 Å². The van der Waals surface area contributed by atoms with Crippen LogP contribution in [0.25, 0.3) is 0 Å². The Morgan fingerprint density at radius 2 is 1.65 bits per heavy atom. The van der Waals surface area contributed by atoms with E-state index >= 15 is 0 Å². The highest BCUT2D eigenvalue weighted by molar-refractivity contribution is 5.26. The fourth-order valence-electron chi connectivity index (χ4n) is 2.66. The standard InChI is InChI=1S/C15H19F4N/c16-13-8-11(7-12(9-13)15(17,18)19)10-20-14-5-3-1-2-4-6-14/h7-9,14,20H,1-6,10H2. The Labute approximate surface area is 116 Å². The van der Waals surface area contributed by atoms with Gasteiger partial charge in [-0.1, -0.05) is 25.7 Å². The molecule has 1 aromatic carbocycles. The summed E-state index contributed by atoms with van der Waals surface area (Å²) in [6.07, 6.45) is 2.32. The van der Waals surface area contributed by atoms with Crippen LogP contribution in [0.1, 0.15) is 49.7 Å². The van der Waals surface area contributed by atoms with Crippen molar-refractivity contribution in [3.8, 4) is 0 Å². The van der Waals surface area contributed by atoms with Gasteiger partial charge in [0.05, 0.1) is 5.56 Å². The van der Waals surface area contributed by atoms with Gasteiger partial charge in [-0.25, -0.2) is 4.39 Å². The van der Waals surface area contributed by atoms with E-state index in [1.165, 1.54) is 18.9 Å². The first-order valence-electron chi connectivity index (χ1n) is 7.05. The average Bonchev–Trinajstić information content (AvgIpc) is 2.63. The Bertz CT molecular complexity index is 434. The number of rotatable bonds is 3. The molecule has 2 rings (SSSR count). The third-order valence-electron chi connectivity index (χ3n) is 3.73. The molecule has 112 valence electrons. The van der Waals surface area contributed by atoms with Gasteiger partial charge >= 0.3 is 6.18 Å². The molecule has 0 amide bonds. The van der Waals surface area contributed by atoms with Crippen molar-refractivity contribution >= 4 is 0 Å². The lowest BCUT2D eigenvalue weighted by molar-refractivity contribution is -0.137. The largest absolute Gasteiger partial charge is 0.416 e. The Morgan fingerprint density at radius 1 is 1.00 bits per heavy atom. The maximum Gasteiger partial charge on any atom is 0.416 e. The molecular weight excluding hydrogens is 270 g/mol. The average molecular weight is 289 g/mol. The van der Waals surface area contributed by atoms with Crippen LogP contribution >= 0.6 is 0 Å². The van der Waals surface area contributed by atoms with Crippen LogP contribution in [0.2, 0.25) is 0 Å². The second-order valence-corrected chi connectivity index (χ2v) is 5.42. The molecule has 1 N–H and O–H groups in total. The van der Waals surface area contributed by atoms with Gasteiger partial charge in [0.1, 0.15) is 5.82 Å². The van der Waals surface area contributed by atoms with Crippen molar-refractivity contribution in [1.29, 1.82) is 0 Å². The summed E-state index contributed by atoms with van der Waals surface area (Å²) in [6.45, 7) is 0.283. The molecule has 1 saturated carbocycles. The van der Waals surface area contributed by atoms with Crippen molar-refractivity contribution in [2.45, 2.75) is 57.3 Å². The quantitative estimate of drug-likeness (QED) is 0.630. The van der Waals surface area contributed by atoms with Crippen LogP contribution in [0.15, 0.2) is 18.2 Å². The molecule has 0 radical (unpaired) electrons. The summed E-state index contributed by atoms with van der Waals surface area (Å²) in [5, 5.41) is 3.25. The van der Waals surface area contributed by atoms with Crippen molar-refractivity contribution in [2.24, 2.45) is 0 Å². The molecule has 0 heterocycles. The van der Waals surface area contributed by atoms with E-state index in [1.807, 2.05) is 0 Å². The lowest BCUT2D eigenvalue weighted by atomic mass is 10.1. The van der Waals surface area contributed by atoms with Gasteiger partial charge in [-0.05, 0) is 36.6 Å². The van der Waals surface area contributed by atoms with E-state index in [9.17, 15) is 17.6 Å². The number of hydrogen-bond donors (Lipinski definition) is 1. The highest BCUT2D eigenvalue weighted by Crippen LogP contribution is 2.30. The Morgan fingerprint density at radius 3 is 2.25 bits per heavy atom. The SMILES string of the molecule is Fc1cc(CNC2CCCCCC2)cc(C(F)(F)F)c1. The highest BCUT2D eigenvalue weighted by Gasteiger charge is 2.31. The summed E-state index contributed by atoms with van der Waals surface area (Å²) >= 11 is 0. The van der Waals surface area contributed by atoms with Crippen molar-refractivity contribution in [3.63, 3.8) is 0 Å². The summed E-state index contributed by atoms with van der Waals surface area (Å²) in [7, 11) is 0. The molecule has 1 nitrogen and oxygen atoms in total. The molecule has 5 heteroatoms. The molecule has 0 spiro atoms. The Balaban J connectivity index is 2.00. The van der Waals surface area contributed by atoms with Crippen LogP contribution in [-0.2, 0) is 12.7 Å². The smallest absolute Gasteiger partial charge is 0.310 e. The molecule has 1 aliphatic rings. The molecule has 0 unspecified atom stereocenters. The summed E-state index contributed by atoms with van der Waals surface area (Å²) in [5.74, 6) is -0.836. The lowest BCUT2D eigenvalue weighted by Crippen LogP contribution is -2.28. The summed E-state index contributed by atoms with van der Waals surface area (Å²) in [4.78, 5) is 0. The van der Waals surface area contributed by atoms with E-state index in [4.69, 9.17) is 0 Å². The Hall–Kier alpha value is -1.10. The normalized spacial score (nSPS) is 18.0. The molecule has 1 aliphatic carbocycles. The zero-order chi connectivity index (χ0) is 14.6. The Kier molecular flexibility index (Phi) is 5.02. The molecule has 0 aliphatic heterocycles. The topological polar surface area (TPSA) is 12.0 Å². The van der Waals surface area contributed by atoms with Crippen LogP contribution in [0.3, 0.4) is 0 Å². The molecule has 1 fully saturated rings. The van der Waals surface area contributed by atoms with Gasteiger partial charge in [0.15, 0.2) is 0 Å². The van der Waals surface area contributed by atoms with E-state index in [0.717, 1.165) is 31.7 Å². The summed E-state index contributed by atoms with van der Waals surface area (Å²) < 4.78 is 51.1. The first-order valence-corrected chi connectivity index (χ1v) is 7.05. The minimum atomic E-state index is -4.50. The van der Waals surface area contributed by atoms with E-state index < -0.39 is 17.6 Å². The number of benzene rings is 1. The molecular formula is C15H19F4N. The van der Waals surface area contributed by atoms with Gasteiger partial charge in [-0.3, -0.25) is 0 Å². The minimum Gasteiger partial charge on any atom is -0.310 e. The minimum absolute atomic E-state index is 0.283. The second kappa shape index (κ2) is 6.57. The van der Waals surface area contributed by atoms with E-state index in [1.54, 1.807) is 0 Å². The van der Waals surface area contributed by atoms with E-state index in [2.05, 4.69) is 5.32 Å². The van der Waals surface area contributed by atoms with Crippen LogP contribution in [0, 0.1) is 5.82 Å². The molecule has 0 bridgehead atoms. The van der Waals surface area contributed by atoms with Crippen LogP contribution < -0.4 is 5.32 Å². The van der Waals surface area contributed by atoms with Crippen molar-refractivity contribution < 1.29 is 17.6 Å². The van der Waals surface area contributed by atoms with Crippen molar-refractivity contribution in [2.75, 3.05) is 0 Å². The van der Waals surface area contributed by atoms with E-state index in [0.29, 0.717) is 17.7 Å². The number of alkyl halides is 3. The third kappa shape index (κ3) is 4.47. The lowest BCUT2D eigenvalue weighted by Gasteiger charge is -2.17. The molecule has 0 aromatic heterocycles. The van der Waals surface area contributed by atoms with Gasteiger partial charge < -0.3 is 5.32 Å². The van der Waals surface area contributed by atoms with Gasteiger partial charge in [0, 0.05) is 12.6 Å². The molecule has 20 heavy (non-hydrogen) atoms. The molecule has 1 aromatic rings. The van der Waals surface area contributed by atoms with Crippen molar-refractivity contribution in [3.05, 3.63) is 35.1 Å². The van der Waals surface area contributed by atoms with Gasteiger partial charge in [-0.15, -0.1) is 0 Å². The zero-order valence-corrected chi connectivity index (χ0v) is 11.3. The fourth-order valence-corrected chi connectivity index (χ4v) is 2.66. The first-order chi connectivity index (χ1) is 9.45. The highest BCUT2D eigenvalue weighted by atomic mass is 19.4. The third-order valence-corrected chi connectivity index (χ3v) is 3.73. The van der Waals surface area contributed by atoms with Crippen molar-refractivity contribution in [1.82, 2.24) is 5.32 Å². The molecule has 0 saturated heterocycles. The molecule has 0 atom stereocenters. The van der Waals surface area contributed by atoms with Crippen LogP contribution in [0.4, 0.5) is 17.6 Å². The number of hydrogen-bond acceptors (Lipinski definition) is 1. The monoisotopic (exact) mass is 289 g/mol. The van der Waals surface area contributed by atoms with E-state index in [-0.39, 0.29) is 6.54 Å². The predicted octanol–water partition coefficient (Wildman–Crippen LogP) is 4.66. The zero-order valence-electron chi connectivity index (χ0n) is 11.3. The second-order valence-electron chi connectivity index (χ2n) is 5.42. The fraction of sp³-hybridized carbons (Fsp3) is 0.600. The van der Waals surface area contributed by atoms with Crippen LogP contribution in [-0.4, -0.2) is 6.04 Å². The number of halogens is 4. The summed E-state index contributed by atoms with van der Waals surface area (Å²) in [6, 6.07) is 3.05. The predicted molar refractivity (Wildman–Crippen MR) is 69.7 cm³/mol.